The molecule has 0 atom stereocenters. The summed E-state index contributed by atoms with van der Waals surface area (Å²) in [5.41, 5.74) is 15.5. The summed E-state index contributed by atoms with van der Waals surface area (Å²) in [5.74, 6) is 5.32. The Labute approximate surface area is 530 Å². The van der Waals surface area contributed by atoms with E-state index in [4.69, 9.17) is 12.8 Å². The first-order chi connectivity index (χ1) is 40.7. The molecule has 0 nitrogen and oxygen atoms in total. The SMILES string of the molecule is [Au+].[Au+].[C-]#Cc1cccc2c1-c1ccccc1C2(c1ccccc1)c1ccccc1.[C-]#Cc1cccc2c1-c1ccccc1C2(c1ccccc1)c1ccccc1.c1ccc([PH+](CC[PH+](c2ccccc2)c2ccccc2)c2ccccc2)cc1. The van der Waals surface area contributed by atoms with Crippen LogP contribution in [0.15, 0.2) is 328 Å². The Bertz CT molecular complexity index is 3730. The van der Waals surface area contributed by atoms with E-state index in [1.54, 1.807) is 0 Å². The maximum atomic E-state index is 7.84. The number of hydrogen-bond donors (Lipinski definition) is 0. The van der Waals surface area contributed by atoms with Gasteiger partial charge in [-0.3, -0.25) is 11.8 Å². The van der Waals surface area contributed by atoms with Gasteiger partial charge in [0.1, 0.15) is 12.3 Å². The largest absolute Gasteiger partial charge is 1.00 e. The zero-order valence-corrected chi connectivity index (χ0v) is 52.5. The predicted octanol–water partition coefficient (Wildman–Crippen LogP) is 16.7. The molecule has 4 heteroatoms. The third-order valence-corrected chi connectivity index (χ3v) is 22.5. The van der Waals surface area contributed by atoms with Crippen molar-refractivity contribution in [3.63, 3.8) is 0 Å². The summed E-state index contributed by atoms with van der Waals surface area (Å²) in [6.45, 7) is 0. The van der Waals surface area contributed by atoms with Gasteiger partial charge in [0.25, 0.3) is 0 Å². The first-order valence-electron chi connectivity index (χ1n) is 28.1. The normalized spacial score (nSPS) is 12.3. The number of hydrogen-bond acceptors (Lipinski definition) is 0. The fourth-order valence-corrected chi connectivity index (χ4v) is 19.1. The second kappa shape index (κ2) is 27.7. The minimum atomic E-state index is -0.783. The Morgan fingerprint density at radius 1 is 0.250 bits per heavy atom. The van der Waals surface area contributed by atoms with Gasteiger partial charge in [-0.2, -0.15) is 0 Å². The summed E-state index contributed by atoms with van der Waals surface area (Å²) in [4.78, 5) is 0. The van der Waals surface area contributed by atoms with Crippen molar-refractivity contribution < 1.29 is 44.8 Å². The van der Waals surface area contributed by atoms with Crippen molar-refractivity contribution in [3.05, 3.63) is 396 Å². The van der Waals surface area contributed by atoms with Crippen LogP contribution < -0.4 is 21.2 Å². The Morgan fingerprint density at radius 2 is 0.476 bits per heavy atom. The molecule has 0 saturated carbocycles. The van der Waals surface area contributed by atoms with E-state index in [0.29, 0.717) is 0 Å². The van der Waals surface area contributed by atoms with Crippen LogP contribution in [0, 0.1) is 24.7 Å². The average Bonchev–Trinajstić information content (AvgIpc) is 2.78. The first kappa shape index (κ1) is 59.3. The third kappa shape index (κ3) is 11.3. The second-order valence-electron chi connectivity index (χ2n) is 20.7. The zero-order valence-electron chi connectivity index (χ0n) is 46.2. The summed E-state index contributed by atoms with van der Waals surface area (Å²) in [7, 11) is -1.57. The van der Waals surface area contributed by atoms with Crippen molar-refractivity contribution in [2.75, 3.05) is 12.3 Å². The summed E-state index contributed by atoms with van der Waals surface area (Å²) >= 11 is 0. The molecule has 2 aliphatic rings. The number of benzene rings is 12. The van der Waals surface area contributed by atoms with Crippen LogP contribution in [0.4, 0.5) is 0 Å². The Hall–Kier alpha value is -7.90. The van der Waals surface area contributed by atoms with Crippen molar-refractivity contribution in [1.29, 1.82) is 0 Å². The zero-order chi connectivity index (χ0) is 55.6. The minimum Gasteiger partial charge on any atom is -0.366 e. The Kier molecular flexibility index (Phi) is 19.5. The molecule has 2 aliphatic carbocycles. The van der Waals surface area contributed by atoms with E-state index in [1.807, 2.05) is 24.3 Å². The van der Waals surface area contributed by atoms with Crippen molar-refractivity contribution >= 4 is 37.1 Å². The molecule has 0 aliphatic heterocycles. The maximum absolute atomic E-state index is 7.84. The Morgan fingerprint density at radius 3 is 0.738 bits per heavy atom. The van der Waals surface area contributed by atoms with E-state index < -0.39 is 15.8 Å². The van der Waals surface area contributed by atoms with E-state index in [1.165, 1.54) is 89.2 Å². The van der Waals surface area contributed by atoms with Crippen LogP contribution in [0.1, 0.15) is 55.6 Å². The van der Waals surface area contributed by atoms with Gasteiger partial charge in [0.2, 0.25) is 0 Å². The molecule has 0 bridgehead atoms. The van der Waals surface area contributed by atoms with Crippen molar-refractivity contribution in [2.45, 2.75) is 10.8 Å². The van der Waals surface area contributed by atoms with E-state index >= 15 is 0 Å². The second-order valence-corrected chi connectivity index (χ2v) is 25.9. The molecule has 0 spiro atoms. The summed E-state index contributed by atoms with van der Waals surface area (Å²) in [6.07, 6.45) is 18.2. The van der Waals surface area contributed by atoms with Gasteiger partial charge in [-0.15, -0.1) is 23.3 Å². The minimum absolute atomic E-state index is 0. The van der Waals surface area contributed by atoms with Crippen LogP contribution in [-0.4, -0.2) is 12.3 Å². The molecule has 0 fully saturated rings. The molecule has 0 amide bonds. The van der Waals surface area contributed by atoms with E-state index in [2.05, 4.69) is 315 Å². The van der Waals surface area contributed by atoms with E-state index in [0.717, 1.165) is 22.3 Å². The van der Waals surface area contributed by atoms with Gasteiger partial charge in [-0.05, 0) is 104 Å². The molecule has 0 aromatic heterocycles. The van der Waals surface area contributed by atoms with Gasteiger partial charge < -0.3 is 12.8 Å². The third-order valence-electron chi connectivity index (χ3n) is 16.3. The molecule has 0 N–H and O–H groups in total. The molecule has 12 aromatic rings. The number of rotatable bonds is 11. The molecule has 0 saturated heterocycles. The van der Waals surface area contributed by atoms with Gasteiger partial charge in [0.05, 0.1) is 47.9 Å². The quantitative estimate of drug-likeness (QED) is 0.0524. The summed E-state index contributed by atoms with van der Waals surface area (Å²) in [6, 6.07) is 117. The fraction of sp³-hybridized carbons (Fsp3) is 0.0500. The van der Waals surface area contributed by atoms with Crippen molar-refractivity contribution in [3.8, 4) is 34.1 Å². The molecule has 84 heavy (non-hydrogen) atoms. The Balaban J connectivity index is 0.000000139. The van der Waals surface area contributed by atoms with Gasteiger partial charge in [0.15, 0.2) is 0 Å². The van der Waals surface area contributed by atoms with Crippen molar-refractivity contribution in [2.24, 2.45) is 0 Å². The van der Waals surface area contributed by atoms with Crippen LogP contribution in [0.2, 0.25) is 0 Å². The van der Waals surface area contributed by atoms with Crippen LogP contribution in [0.3, 0.4) is 0 Å². The summed E-state index contributed by atoms with van der Waals surface area (Å²) < 4.78 is 0. The van der Waals surface area contributed by atoms with Crippen LogP contribution in [-0.2, 0) is 55.6 Å². The molecule has 410 valence electrons. The molecule has 14 rings (SSSR count). The van der Waals surface area contributed by atoms with Gasteiger partial charge in [-0.1, -0.05) is 278 Å². The van der Waals surface area contributed by atoms with Crippen molar-refractivity contribution in [1.82, 2.24) is 0 Å². The van der Waals surface area contributed by atoms with Crippen LogP contribution in [0.25, 0.3) is 22.3 Å². The monoisotopic (exact) mass is 1480 g/mol. The topological polar surface area (TPSA) is 0 Å². The maximum Gasteiger partial charge on any atom is 1.00 e. The van der Waals surface area contributed by atoms with E-state index in [-0.39, 0.29) is 55.6 Å². The van der Waals surface area contributed by atoms with Gasteiger partial charge >= 0.3 is 44.8 Å². The van der Waals surface area contributed by atoms with Gasteiger partial charge in [0, 0.05) is 0 Å². The smallest absolute Gasteiger partial charge is 0.366 e. The summed E-state index contributed by atoms with van der Waals surface area (Å²) in [5, 5.41) is 6.06. The fourth-order valence-electron chi connectivity index (χ4n) is 12.9. The molecular weight excluding hydrogens is 1420 g/mol. The molecular formula is C80H60Au2P2+2. The van der Waals surface area contributed by atoms with Crippen LogP contribution >= 0.6 is 15.8 Å². The molecule has 0 radical (unpaired) electrons. The van der Waals surface area contributed by atoms with Gasteiger partial charge in [-0.25, -0.2) is 0 Å². The standard InChI is InChI=1S/2C27H17.C26H24P2.2Au/c2*1-2-20-12-11-19-25-26(20)23-17-9-10-18-24(23)27(25,21-13-5-3-6-14-21)22-15-7-4-8-16-22;1-5-13-23(14-6-1)27(24-15-7-2-8-16-24)21-22-28(25-17-9-3-10-18-25)26-19-11-4-12-20-26;;/h2*3-19H;1-20H,21-22H2;;/q2*-1;;2*+1/p+2. The van der Waals surface area contributed by atoms with E-state index in [9.17, 15) is 0 Å². The predicted molar refractivity (Wildman–Crippen MR) is 351 cm³/mol. The molecule has 12 aromatic carbocycles. The average molecular weight is 1480 g/mol. The molecule has 0 heterocycles. The number of fused-ring (bicyclic) bond motifs is 6. The van der Waals surface area contributed by atoms with Crippen LogP contribution in [0.5, 0.6) is 0 Å². The first-order valence-corrected chi connectivity index (χ1v) is 31.5. The molecule has 0 unspecified atom stereocenters.